The molecule has 16 heavy (non-hydrogen) atoms. The Labute approximate surface area is 98.0 Å². The molecule has 0 spiro atoms. The summed E-state index contributed by atoms with van der Waals surface area (Å²) in [5.41, 5.74) is 2.10. The maximum atomic E-state index is 9.75. The molecule has 0 fully saturated rings. The number of nitrogens with one attached hydrogen (secondary N) is 1. The third kappa shape index (κ3) is 4.17. The van der Waals surface area contributed by atoms with E-state index >= 15 is 0 Å². The van der Waals surface area contributed by atoms with Crippen molar-refractivity contribution >= 4 is 0 Å². The molecule has 0 aliphatic rings. The van der Waals surface area contributed by atoms with Gasteiger partial charge in [0.25, 0.3) is 0 Å². The van der Waals surface area contributed by atoms with Gasteiger partial charge in [-0.2, -0.15) is 0 Å². The van der Waals surface area contributed by atoms with E-state index in [2.05, 4.69) is 24.0 Å². The van der Waals surface area contributed by atoms with Gasteiger partial charge in [-0.25, -0.2) is 0 Å². The zero-order valence-electron chi connectivity index (χ0n) is 10.1. The van der Waals surface area contributed by atoms with Crippen molar-refractivity contribution < 1.29 is 5.11 Å². The topological polar surface area (TPSA) is 32.3 Å². The number of hydrogen-bond donors (Lipinski definition) is 2. The standard InChI is InChI=1S/C14H21NO/c1-11(2)14(16)12(3)9-15-10-13-7-5-4-6-8-13/h4-8,11,14-16H,3,9-10H2,1-2H3. The van der Waals surface area contributed by atoms with Crippen LogP contribution in [-0.2, 0) is 6.54 Å². The summed E-state index contributed by atoms with van der Waals surface area (Å²) >= 11 is 0. The van der Waals surface area contributed by atoms with Gasteiger partial charge in [0.2, 0.25) is 0 Å². The minimum atomic E-state index is -0.414. The zero-order valence-corrected chi connectivity index (χ0v) is 10.1. The molecule has 0 bridgehead atoms. The molecular weight excluding hydrogens is 198 g/mol. The molecule has 0 aromatic heterocycles. The first-order valence-electron chi connectivity index (χ1n) is 5.71. The van der Waals surface area contributed by atoms with E-state index in [1.54, 1.807) is 0 Å². The van der Waals surface area contributed by atoms with Crippen molar-refractivity contribution in [1.29, 1.82) is 0 Å². The van der Waals surface area contributed by atoms with Gasteiger partial charge in [-0.1, -0.05) is 50.8 Å². The Kier molecular flexibility index (Phi) is 5.23. The predicted molar refractivity (Wildman–Crippen MR) is 68.1 cm³/mol. The molecule has 1 rings (SSSR count). The van der Waals surface area contributed by atoms with Gasteiger partial charge in [0.1, 0.15) is 0 Å². The largest absolute Gasteiger partial charge is 0.388 e. The van der Waals surface area contributed by atoms with E-state index in [-0.39, 0.29) is 5.92 Å². The summed E-state index contributed by atoms with van der Waals surface area (Å²) < 4.78 is 0. The van der Waals surface area contributed by atoms with Crippen molar-refractivity contribution in [2.45, 2.75) is 26.5 Å². The van der Waals surface area contributed by atoms with Gasteiger partial charge >= 0.3 is 0 Å². The molecule has 1 unspecified atom stereocenters. The van der Waals surface area contributed by atoms with E-state index in [0.29, 0.717) is 6.54 Å². The molecule has 0 heterocycles. The molecule has 0 aliphatic heterocycles. The minimum absolute atomic E-state index is 0.228. The zero-order chi connectivity index (χ0) is 12.0. The van der Waals surface area contributed by atoms with Crippen LogP contribution in [0.4, 0.5) is 0 Å². The van der Waals surface area contributed by atoms with Crippen LogP contribution in [0.2, 0.25) is 0 Å². The Morgan fingerprint density at radius 2 is 1.94 bits per heavy atom. The van der Waals surface area contributed by atoms with Crippen LogP contribution in [0.1, 0.15) is 19.4 Å². The van der Waals surface area contributed by atoms with Gasteiger partial charge in [-0.05, 0) is 17.1 Å². The van der Waals surface area contributed by atoms with E-state index in [1.165, 1.54) is 5.56 Å². The number of benzene rings is 1. The molecule has 0 saturated heterocycles. The van der Waals surface area contributed by atoms with Crippen molar-refractivity contribution in [3.8, 4) is 0 Å². The monoisotopic (exact) mass is 219 g/mol. The van der Waals surface area contributed by atoms with Crippen molar-refractivity contribution in [3.63, 3.8) is 0 Å². The molecule has 1 aromatic rings. The fourth-order valence-corrected chi connectivity index (χ4v) is 1.54. The second-order valence-corrected chi connectivity index (χ2v) is 4.44. The first kappa shape index (κ1) is 12.9. The molecule has 0 amide bonds. The van der Waals surface area contributed by atoms with Gasteiger partial charge in [0, 0.05) is 13.1 Å². The van der Waals surface area contributed by atoms with Gasteiger partial charge < -0.3 is 10.4 Å². The van der Waals surface area contributed by atoms with Crippen LogP contribution in [0, 0.1) is 5.92 Å². The summed E-state index contributed by atoms with van der Waals surface area (Å²) in [6.07, 6.45) is -0.414. The minimum Gasteiger partial charge on any atom is -0.388 e. The Bertz CT molecular complexity index is 319. The summed E-state index contributed by atoms with van der Waals surface area (Å²) in [6, 6.07) is 10.2. The number of aliphatic hydroxyl groups is 1. The fraction of sp³-hybridized carbons (Fsp3) is 0.429. The summed E-state index contributed by atoms with van der Waals surface area (Å²) in [7, 11) is 0. The summed E-state index contributed by atoms with van der Waals surface area (Å²) in [4.78, 5) is 0. The quantitative estimate of drug-likeness (QED) is 0.720. The highest BCUT2D eigenvalue weighted by Gasteiger charge is 2.12. The maximum absolute atomic E-state index is 9.75. The second-order valence-electron chi connectivity index (χ2n) is 4.44. The highest BCUT2D eigenvalue weighted by molar-refractivity contribution is 5.15. The van der Waals surface area contributed by atoms with Crippen LogP contribution in [0.3, 0.4) is 0 Å². The van der Waals surface area contributed by atoms with E-state index in [1.807, 2.05) is 32.0 Å². The molecule has 1 atom stereocenters. The number of aliphatic hydroxyl groups excluding tert-OH is 1. The lowest BCUT2D eigenvalue weighted by Crippen LogP contribution is -2.26. The summed E-state index contributed by atoms with van der Waals surface area (Å²) in [5.74, 6) is 0.228. The van der Waals surface area contributed by atoms with Crippen LogP contribution in [0.5, 0.6) is 0 Å². The highest BCUT2D eigenvalue weighted by Crippen LogP contribution is 2.09. The first-order chi connectivity index (χ1) is 7.61. The van der Waals surface area contributed by atoms with Crippen LogP contribution in [0.25, 0.3) is 0 Å². The van der Waals surface area contributed by atoms with E-state index in [4.69, 9.17) is 0 Å². The molecule has 88 valence electrons. The number of rotatable bonds is 6. The molecule has 0 radical (unpaired) electrons. The first-order valence-corrected chi connectivity index (χ1v) is 5.71. The number of hydrogen-bond acceptors (Lipinski definition) is 2. The average Bonchev–Trinajstić information content (AvgIpc) is 2.29. The van der Waals surface area contributed by atoms with Crippen LogP contribution in [0.15, 0.2) is 42.5 Å². The lowest BCUT2D eigenvalue weighted by atomic mass is 10.0. The lowest BCUT2D eigenvalue weighted by Gasteiger charge is -2.17. The Morgan fingerprint density at radius 1 is 1.31 bits per heavy atom. The van der Waals surface area contributed by atoms with Crippen molar-refractivity contribution in [2.24, 2.45) is 5.92 Å². The van der Waals surface area contributed by atoms with Crippen LogP contribution >= 0.6 is 0 Å². The van der Waals surface area contributed by atoms with Gasteiger partial charge in [-0.3, -0.25) is 0 Å². The van der Waals surface area contributed by atoms with Crippen molar-refractivity contribution in [2.75, 3.05) is 6.54 Å². The average molecular weight is 219 g/mol. The van der Waals surface area contributed by atoms with Gasteiger partial charge in [0.05, 0.1) is 6.10 Å². The van der Waals surface area contributed by atoms with Crippen molar-refractivity contribution in [1.82, 2.24) is 5.32 Å². The summed E-state index contributed by atoms with van der Waals surface area (Å²) in [5, 5.41) is 13.0. The second kappa shape index (κ2) is 6.46. The molecule has 2 heteroatoms. The highest BCUT2D eigenvalue weighted by atomic mass is 16.3. The summed E-state index contributed by atoms with van der Waals surface area (Å²) in [6.45, 7) is 9.35. The van der Waals surface area contributed by atoms with E-state index in [9.17, 15) is 5.11 Å². The third-order valence-corrected chi connectivity index (χ3v) is 2.57. The molecular formula is C14H21NO. The SMILES string of the molecule is C=C(CNCc1ccccc1)C(O)C(C)C. The molecule has 2 nitrogen and oxygen atoms in total. The third-order valence-electron chi connectivity index (χ3n) is 2.57. The fourth-order valence-electron chi connectivity index (χ4n) is 1.54. The smallest absolute Gasteiger partial charge is 0.0782 e. The molecule has 1 aromatic carbocycles. The van der Waals surface area contributed by atoms with E-state index < -0.39 is 6.10 Å². The van der Waals surface area contributed by atoms with Gasteiger partial charge in [0.15, 0.2) is 0 Å². The Balaban J connectivity index is 2.28. The maximum Gasteiger partial charge on any atom is 0.0782 e. The Morgan fingerprint density at radius 3 is 2.50 bits per heavy atom. The molecule has 2 N–H and O–H groups in total. The lowest BCUT2D eigenvalue weighted by molar-refractivity contribution is 0.158. The predicted octanol–water partition coefficient (Wildman–Crippen LogP) is 2.35. The molecule has 0 aliphatic carbocycles. The van der Waals surface area contributed by atoms with Gasteiger partial charge in [-0.15, -0.1) is 0 Å². The normalized spacial score (nSPS) is 12.8. The Hall–Kier alpha value is -1.12. The van der Waals surface area contributed by atoms with Crippen molar-refractivity contribution in [3.05, 3.63) is 48.0 Å². The van der Waals surface area contributed by atoms with E-state index in [0.717, 1.165) is 12.1 Å². The van der Waals surface area contributed by atoms with Crippen LogP contribution < -0.4 is 5.32 Å². The molecule has 0 saturated carbocycles. The van der Waals surface area contributed by atoms with Crippen LogP contribution in [-0.4, -0.2) is 17.8 Å².